The summed E-state index contributed by atoms with van der Waals surface area (Å²) in [4.78, 5) is 27.1. The molecule has 0 aromatic carbocycles. The smallest absolute Gasteiger partial charge is 0.224 e. The van der Waals surface area contributed by atoms with Crippen LogP contribution in [0.4, 0.5) is 17.3 Å². The predicted octanol–water partition coefficient (Wildman–Crippen LogP) is 0.669. The number of hydrogen-bond acceptors (Lipinski definition) is 7. The lowest BCUT2D eigenvalue weighted by Gasteiger charge is -2.21. The van der Waals surface area contributed by atoms with E-state index in [2.05, 4.69) is 36.4 Å². The highest BCUT2D eigenvalue weighted by Crippen LogP contribution is 2.13. The maximum absolute atomic E-state index is 12.0. The van der Waals surface area contributed by atoms with Crippen molar-refractivity contribution in [2.45, 2.75) is 12.8 Å². The number of piperidine rings is 1. The van der Waals surface area contributed by atoms with Crippen molar-refractivity contribution >= 4 is 29.1 Å². The SMILES string of the molecule is O=C1CC[C@H](C(=O)NCCNc2ccc(Nc3ccncc3)nn2)CN1. The first kappa shape index (κ1) is 17.6. The Labute approximate surface area is 151 Å². The van der Waals surface area contributed by atoms with E-state index < -0.39 is 0 Å². The van der Waals surface area contributed by atoms with E-state index in [1.165, 1.54) is 0 Å². The number of nitrogens with zero attached hydrogens (tertiary/aromatic N) is 3. The molecule has 1 aliphatic rings. The standard InChI is InChI=1S/C17H21N7O2/c25-16-4-1-12(11-21-16)17(26)20-10-9-19-14-2-3-15(24-23-14)22-13-5-7-18-8-6-13/h2-3,5-8,12H,1,4,9-11H2,(H,19,23)(H,20,26)(H,21,25)(H,18,22,24)/t12-/m0/s1. The van der Waals surface area contributed by atoms with Crippen LogP contribution in [0.25, 0.3) is 0 Å². The molecule has 0 bridgehead atoms. The molecule has 2 aromatic rings. The molecule has 26 heavy (non-hydrogen) atoms. The van der Waals surface area contributed by atoms with Crippen molar-refractivity contribution < 1.29 is 9.59 Å². The van der Waals surface area contributed by atoms with Crippen LogP contribution in [-0.4, -0.2) is 46.6 Å². The molecule has 1 fully saturated rings. The summed E-state index contributed by atoms with van der Waals surface area (Å²) >= 11 is 0. The highest BCUT2D eigenvalue weighted by Gasteiger charge is 2.23. The molecule has 4 N–H and O–H groups in total. The molecule has 0 aliphatic carbocycles. The number of hydrogen-bond donors (Lipinski definition) is 4. The normalized spacial score (nSPS) is 16.5. The molecule has 3 heterocycles. The number of rotatable bonds is 7. The van der Waals surface area contributed by atoms with Crippen LogP contribution in [0.2, 0.25) is 0 Å². The van der Waals surface area contributed by atoms with Crippen molar-refractivity contribution in [1.29, 1.82) is 0 Å². The first-order chi connectivity index (χ1) is 12.7. The van der Waals surface area contributed by atoms with Crippen LogP contribution in [0.1, 0.15) is 12.8 Å². The first-order valence-corrected chi connectivity index (χ1v) is 8.50. The molecule has 0 saturated carbocycles. The van der Waals surface area contributed by atoms with Gasteiger partial charge in [-0.15, -0.1) is 10.2 Å². The third kappa shape index (κ3) is 5.13. The molecule has 0 radical (unpaired) electrons. The monoisotopic (exact) mass is 355 g/mol. The minimum Gasteiger partial charge on any atom is -0.367 e. The van der Waals surface area contributed by atoms with Crippen molar-refractivity contribution in [2.75, 3.05) is 30.3 Å². The summed E-state index contributed by atoms with van der Waals surface area (Å²) in [6.45, 7) is 1.42. The predicted molar refractivity (Wildman–Crippen MR) is 96.8 cm³/mol. The van der Waals surface area contributed by atoms with Gasteiger partial charge in [0.25, 0.3) is 0 Å². The number of anilines is 3. The molecule has 9 nitrogen and oxygen atoms in total. The summed E-state index contributed by atoms with van der Waals surface area (Å²) in [6.07, 6.45) is 4.40. The van der Waals surface area contributed by atoms with Crippen LogP contribution in [0.3, 0.4) is 0 Å². The third-order valence-corrected chi connectivity index (χ3v) is 3.98. The summed E-state index contributed by atoms with van der Waals surface area (Å²) in [5.74, 6) is 1.09. The third-order valence-electron chi connectivity index (χ3n) is 3.98. The maximum atomic E-state index is 12.0. The zero-order chi connectivity index (χ0) is 18.2. The molecule has 0 spiro atoms. The highest BCUT2D eigenvalue weighted by molar-refractivity contribution is 5.83. The van der Waals surface area contributed by atoms with Crippen LogP contribution in [0, 0.1) is 5.92 Å². The Balaban J connectivity index is 1.37. The van der Waals surface area contributed by atoms with Crippen molar-refractivity contribution in [3.63, 3.8) is 0 Å². The van der Waals surface area contributed by atoms with Gasteiger partial charge in [0.15, 0.2) is 5.82 Å². The fraction of sp³-hybridized carbons (Fsp3) is 0.353. The Morgan fingerprint density at radius 3 is 2.58 bits per heavy atom. The second-order valence-electron chi connectivity index (χ2n) is 5.92. The lowest BCUT2D eigenvalue weighted by molar-refractivity contribution is -0.128. The largest absolute Gasteiger partial charge is 0.367 e. The number of carbonyl (C=O) groups excluding carboxylic acids is 2. The average molecular weight is 355 g/mol. The number of nitrogens with one attached hydrogen (secondary N) is 4. The Bertz CT molecular complexity index is 727. The molecule has 3 rings (SSSR count). The molecule has 1 aliphatic heterocycles. The van der Waals surface area contributed by atoms with E-state index in [4.69, 9.17) is 0 Å². The molecule has 1 saturated heterocycles. The molecule has 1 atom stereocenters. The number of pyridine rings is 1. The van der Waals surface area contributed by atoms with Gasteiger partial charge in [0.2, 0.25) is 11.8 Å². The van der Waals surface area contributed by atoms with E-state index in [9.17, 15) is 9.59 Å². The van der Waals surface area contributed by atoms with Crippen LogP contribution < -0.4 is 21.3 Å². The van der Waals surface area contributed by atoms with Gasteiger partial charge in [0, 0.05) is 44.1 Å². The van der Waals surface area contributed by atoms with E-state index >= 15 is 0 Å². The van der Waals surface area contributed by atoms with E-state index in [0.717, 1.165) is 5.69 Å². The number of carbonyl (C=O) groups is 2. The Morgan fingerprint density at radius 1 is 1.12 bits per heavy atom. The zero-order valence-electron chi connectivity index (χ0n) is 14.2. The molecule has 2 amide bonds. The summed E-state index contributed by atoms with van der Waals surface area (Å²) in [5, 5.41) is 20.0. The fourth-order valence-corrected chi connectivity index (χ4v) is 2.55. The van der Waals surface area contributed by atoms with Gasteiger partial charge in [-0.25, -0.2) is 0 Å². The van der Waals surface area contributed by atoms with Gasteiger partial charge in [0.05, 0.1) is 5.92 Å². The van der Waals surface area contributed by atoms with Gasteiger partial charge in [-0.05, 0) is 30.7 Å². The van der Waals surface area contributed by atoms with Gasteiger partial charge < -0.3 is 21.3 Å². The maximum Gasteiger partial charge on any atom is 0.224 e. The summed E-state index contributed by atoms with van der Waals surface area (Å²) in [7, 11) is 0. The summed E-state index contributed by atoms with van der Waals surface area (Å²) in [5.41, 5.74) is 0.886. The minimum absolute atomic E-state index is 0.0103. The molecule has 0 unspecified atom stereocenters. The lowest BCUT2D eigenvalue weighted by Crippen LogP contribution is -2.43. The fourth-order valence-electron chi connectivity index (χ4n) is 2.55. The van der Waals surface area contributed by atoms with Crippen LogP contribution >= 0.6 is 0 Å². The van der Waals surface area contributed by atoms with Crippen molar-refractivity contribution in [3.8, 4) is 0 Å². The Hall–Kier alpha value is -3.23. The van der Waals surface area contributed by atoms with Crippen LogP contribution in [0.5, 0.6) is 0 Å². The van der Waals surface area contributed by atoms with Gasteiger partial charge in [-0.3, -0.25) is 14.6 Å². The van der Waals surface area contributed by atoms with Crippen molar-refractivity contribution in [1.82, 2.24) is 25.8 Å². The first-order valence-electron chi connectivity index (χ1n) is 8.50. The minimum atomic E-state index is -0.147. The average Bonchev–Trinajstić information content (AvgIpc) is 2.68. The van der Waals surface area contributed by atoms with Crippen LogP contribution in [0.15, 0.2) is 36.7 Å². The molecular formula is C17H21N7O2. The van der Waals surface area contributed by atoms with Crippen molar-refractivity contribution in [3.05, 3.63) is 36.7 Å². The topological polar surface area (TPSA) is 121 Å². The van der Waals surface area contributed by atoms with E-state index in [1.807, 2.05) is 24.3 Å². The van der Waals surface area contributed by atoms with Gasteiger partial charge in [-0.2, -0.15) is 0 Å². The number of amides is 2. The van der Waals surface area contributed by atoms with Gasteiger partial charge in [0.1, 0.15) is 5.82 Å². The van der Waals surface area contributed by atoms with E-state index in [1.54, 1.807) is 12.4 Å². The molecule has 136 valence electrons. The molecule has 2 aromatic heterocycles. The number of aromatic nitrogens is 3. The van der Waals surface area contributed by atoms with Crippen molar-refractivity contribution in [2.24, 2.45) is 5.92 Å². The Morgan fingerprint density at radius 2 is 1.88 bits per heavy atom. The van der Waals surface area contributed by atoms with E-state index in [-0.39, 0.29) is 17.7 Å². The molecular weight excluding hydrogens is 334 g/mol. The van der Waals surface area contributed by atoms with Gasteiger partial charge in [-0.1, -0.05) is 0 Å². The lowest BCUT2D eigenvalue weighted by atomic mass is 9.98. The van der Waals surface area contributed by atoms with Gasteiger partial charge >= 0.3 is 0 Å². The second kappa shape index (κ2) is 8.75. The van der Waals surface area contributed by atoms with Crippen LogP contribution in [-0.2, 0) is 9.59 Å². The highest BCUT2D eigenvalue weighted by atomic mass is 16.2. The molecule has 9 heteroatoms. The van der Waals surface area contributed by atoms with E-state index in [0.29, 0.717) is 44.1 Å². The second-order valence-corrected chi connectivity index (χ2v) is 5.92. The Kier molecular flexibility index (Phi) is 5.92. The summed E-state index contributed by atoms with van der Waals surface area (Å²) < 4.78 is 0. The quantitative estimate of drug-likeness (QED) is 0.539. The zero-order valence-corrected chi connectivity index (χ0v) is 14.2. The summed E-state index contributed by atoms with van der Waals surface area (Å²) in [6, 6.07) is 7.32.